The van der Waals surface area contributed by atoms with Gasteiger partial charge in [0.05, 0.1) is 26.4 Å². The molecule has 2 aromatic rings. The summed E-state index contributed by atoms with van der Waals surface area (Å²) in [7, 11) is -3.15. The Morgan fingerprint density at radius 2 is 1.11 bits per heavy atom. The molecular formula is C32H68N8O3Si2. The van der Waals surface area contributed by atoms with Gasteiger partial charge in [0.25, 0.3) is 0 Å². The first-order valence-corrected chi connectivity index (χ1v) is 22.3. The maximum atomic E-state index is 6.01. The maximum absolute atomic E-state index is 6.01. The van der Waals surface area contributed by atoms with Crippen LogP contribution in [0.1, 0.15) is 40.0 Å². The smallest absolute Gasteiger partial charge is 0.187 e. The molecule has 0 aliphatic heterocycles. The molecule has 0 spiro atoms. The quantitative estimate of drug-likeness (QED) is 0.0930. The molecule has 11 nitrogen and oxygen atoms in total. The Balaban J connectivity index is 0.000000576. The van der Waals surface area contributed by atoms with Crippen molar-refractivity contribution in [3.05, 3.63) is 36.4 Å². The van der Waals surface area contributed by atoms with Crippen LogP contribution in [-0.2, 0) is 13.6 Å². The highest BCUT2D eigenvalue weighted by molar-refractivity contribution is 6.85. The van der Waals surface area contributed by atoms with Crippen molar-refractivity contribution in [2.24, 2.45) is 45.2 Å². The molecular weight excluding hydrogens is 601 g/mol. The van der Waals surface area contributed by atoms with E-state index in [1.807, 2.05) is 36.4 Å². The normalized spacial score (nSPS) is 19.4. The molecule has 0 aromatic heterocycles. The summed E-state index contributed by atoms with van der Waals surface area (Å²) in [5.74, 6) is 0. The van der Waals surface area contributed by atoms with Gasteiger partial charge in [0.1, 0.15) is 0 Å². The van der Waals surface area contributed by atoms with Gasteiger partial charge in [-0.05, 0) is 75.0 Å². The molecule has 3 rings (SSSR count). The van der Waals surface area contributed by atoms with E-state index in [9.17, 15) is 0 Å². The van der Waals surface area contributed by atoms with Crippen molar-refractivity contribution in [3.63, 3.8) is 0 Å². The second-order valence-corrected chi connectivity index (χ2v) is 22.8. The predicted octanol–water partition coefficient (Wildman–Crippen LogP) is 2.84. The Bertz CT molecular complexity index is 1010. The number of hydrogen-bond donors (Lipinski definition) is 8. The molecule has 2 atom stereocenters. The molecule has 45 heavy (non-hydrogen) atoms. The lowest BCUT2D eigenvalue weighted by Gasteiger charge is -2.45. The highest BCUT2D eigenvalue weighted by Crippen LogP contribution is 2.44. The largest absolute Gasteiger partial charge is 0.454 e. The Morgan fingerprint density at radius 3 is 1.44 bits per heavy atom. The first kappa shape index (κ1) is 43.4. The number of ether oxygens (including phenoxy) is 2. The Hall–Kier alpha value is -1.63. The van der Waals surface area contributed by atoms with Gasteiger partial charge in [-0.1, -0.05) is 45.0 Å². The molecule has 0 radical (unpaired) electrons. The summed E-state index contributed by atoms with van der Waals surface area (Å²) >= 11 is 0. The van der Waals surface area contributed by atoms with Gasteiger partial charge in [0.15, 0.2) is 16.6 Å². The number of anilines is 2. The molecule has 2 aromatic carbocycles. The van der Waals surface area contributed by atoms with E-state index in [4.69, 9.17) is 59.5 Å². The van der Waals surface area contributed by atoms with E-state index in [1.54, 1.807) is 0 Å². The zero-order chi connectivity index (χ0) is 34.7. The van der Waals surface area contributed by atoms with Crippen LogP contribution in [0.15, 0.2) is 36.4 Å². The van der Waals surface area contributed by atoms with Crippen molar-refractivity contribution in [1.29, 1.82) is 0 Å². The topological polar surface area (TPSA) is 236 Å². The molecule has 0 saturated heterocycles. The average Bonchev–Trinajstić information content (AvgIpc) is 2.95. The fourth-order valence-electron chi connectivity index (χ4n) is 5.55. The van der Waals surface area contributed by atoms with Gasteiger partial charge >= 0.3 is 0 Å². The molecule has 2 unspecified atom stereocenters. The van der Waals surface area contributed by atoms with Crippen LogP contribution >= 0.6 is 0 Å². The Morgan fingerprint density at radius 1 is 0.689 bits per heavy atom. The van der Waals surface area contributed by atoms with E-state index < -0.39 is 16.6 Å². The highest BCUT2D eigenvalue weighted by atomic mass is 28.4. The Labute approximate surface area is 275 Å². The molecule has 0 bridgehead atoms. The van der Waals surface area contributed by atoms with Crippen LogP contribution in [0.2, 0.25) is 26.2 Å². The third-order valence-electron chi connectivity index (χ3n) is 7.39. The predicted molar refractivity (Wildman–Crippen MR) is 199 cm³/mol. The summed E-state index contributed by atoms with van der Waals surface area (Å²) in [6.07, 6.45) is 4.81. The fourth-order valence-corrected chi connectivity index (χ4v) is 12.2. The summed E-state index contributed by atoms with van der Waals surface area (Å²) in [6.45, 7) is 19.7. The van der Waals surface area contributed by atoms with Crippen molar-refractivity contribution in [3.8, 4) is 0 Å². The molecule has 1 saturated carbocycles. The van der Waals surface area contributed by atoms with Crippen molar-refractivity contribution < 1.29 is 13.6 Å². The molecule has 0 amide bonds. The summed E-state index contributed by atoms with van der Waals surface area (Å²) in [6, 6.07) is 11.9. The Kier molecular flexibility index (Phi) is 20.5. The number of fused-ring (bicyclic) bond motifs is 1. The van der Waals surface area contributed by atoms with Crippen LogP contribution in [0.5, 0.6) is 0 Å². The third kappa shape index (κ3) is 18.9. The van der Waals surface area contributed by atoms with Gasteiger partial charge in [-0.25, -0.2) is 0 Å². The van der Waals surface area contributed by atoms with E-state index in [0.29, 0.717) is 63.3 Å². The zero-order valence-electron chi connectivity index (χ0n) is 29.4. The molecule has 262 valence electrons. The van der Waals surface area contributed by atoms with Crippen LogP contribution in [0, 0.1) is 10.8 Å². The minimum atomic E-state index is -1.57. The average molecular weight is 669 g/mol. The van der Waals surface area contributed by atoms with Gasteiger partial charge in [0.2, 0.25) is 0 Å². The fraction of sp³-hybridized carbons (Fsp3) is 0.688. The van der Waals surface area contributed by atoms with E-state index >= 15 is 0 Å². The molecule has 1 fully saturated rings. The lowest BCUT2D eigenvalue weighted by Crippen LogP contribution is -2.53. The van der Waals surface area contributed by atoms with Crippen LogP contribution in [0.25, 0.3) is 10.8 Å². The zero-order valence-corrected chi connectivity index (χ0v) is 31.4. The monoisotopic (exact) mass is 668 g/mol. The summed E-state index contributed by atoms with van der Waals surface area (Å²) < 4.78 is 16.0. The first-order valence-electron chi connectivity index (χ1n) is 16.0. The van der Waals surface area contributed by atoms with Gasteiger partial charge in [-0.15, -0.1) is 0 Å². The van der Waals surface area contributed by atoms with E-state index in [1.165, 1.54) is 6.42 Å². The summed E-state index contributed by atoms with van der Waals surface area (Å²) in [4.78, 5) is 0. The highest BCUT2D eigenvalue weighted by Gasteiger charge is 2.39. The number of rotatable bonds is 12. The van der Waals surface area contributed by atoms with Crippen molar-refractivity contribution >= 4 is 38.8 Å². The first-order chi connectivity index (χ1) is 20.9. The van der Waals surface area contributed by atoms with Crippen LogP contribution in [-0.4, -0.2) is 81.1 Å². The van der Waals surface area contributed by atoms with Crippen molar-refractivity contribution in [2.45, 2.75) is 72.3 Å². The van der Waals surface area contributed by atoms with E-state index in [0.717, 1.165) is 41.5 Å². The summed E-state index contributed by atoms with van der Waals surface area (Å²) in [5, 5.41) is 2.05. The van der Waals surface area contributed by atoms with Crippen molar-refractivity contribution in [1.82, 2.24) is 0 Å². The van der Waals surface area contributed by atoms with E-state index in [-0.39, 0.29) is 5.41 Å². The SMILES string of the molecule is CC1(C)CC(N)CC(C)(CN)C1.C[Si](C)(CN)O[Si](C)(C)CN.NCCOCCOCCN.Nc1cccc2c(N)cccc12. The molecule has 13 heteroatoms. The van der Waals surface area contributed by atoms with Gasteiger partial charge in [-0.2, -0.15) is 0 Å². The second-order valence-electron chi connectivity index (χ2n) is 14.1. The number of nitrogens with two attached hydrogens (primary N) is 8. The maximum Gasteiger partial charge on any atom is 0.187 e. The number of benzene rings is 2. The standard InChI is InChI=1S/C10H10N2.C10H22N2.C6H16N2O2.C6H20N2OSi2/c11-9-5-1-3-7-8(9)4-2-6-10(7)12;1-9(2)4-8(12)5-10(3,6-9)7-11;7-1-3-9-5-6-10-4-2-8;1-10(2,5-7)9-11(3,4)6-8/h1-6H,11-12H2;8H,4-7,11-12H2,1-3H3;1-8H2;5-8H2,1-4H3. The van der Waals surface area contributed by atoms with Crippen LogP contribution in [0.3, 0.4) is 0 Å². The van der Waals surface area contributed by atoms with Crippen LogP contribution < -0.4 is 45.9 Å². The molecule has 0 heterocycles. The second kappa shape index (κ2) is 21.3. The van der Waals surface area contributed by atoms with E-state index in [2.05, 4.69) is 47.0 Å². The lowest BCUT2D eigenvalue weighted by atomic mass is 9.63. The van der Waals surface area contributed by atoms with Crippen LogP contribution in [0.4, 0.5) is 11.4 Å². The van der Waals surface area contributed by atoms with Gasteiger partial charge in [0, 0.05) is 53.6 Å². The minimum absolute atomic E-state index is 0.279. The molecule has 1 aliphatic carbocycles. The summed E-state index contributed by atoms with van der Waals surface area (Å²) in [5.41, 5.74) is 47.1. The minimum Gasteiger partial charge on any atom is -0.454 e. The van der Waals surface area contributed by atoms with Gasteiger partial charge in [-0.3, -0.25) is 0 Å². The number of nitrogen functional groups attached to an aromatic ring is 2. The number of hydrogen-bond acceptors (Lipinski definition) is 11. The lowest BCUT2D eigenvalue weighted by molar-refractivity contribution is 0.0538. The van der Waals surface area contributed by atoms with Crippen molar-refractivity contribution in [2.75, 3.05) is 69.9 Å². The third-order valence-corrected chi connectivity index (χ3v) is 13.8. The molecule has 1 aliphatic rings. The molecule has 16 N–H and O–H groups in total. The van der Waals surface area contributed by atoms with Gasteiger partial charge < -0.3 is 59.5 Å².